The molecule has 0 aliphatic rings. The lowest BCUT2D eigenvalue weighted by atomic mass is 10.0. The lowest BCUT2D eigenvalue weighted by Gasteiger charge is -2.36. The Hall–Kier alpha value is 0.880. The van der Waals surface area contributed by atoms with Gasteiger partial charge in [-0.1, -0.05) is 194 Å². The molecule has 0 atom stereocenters. The van der Waals surface area contributed by atoms with Crippen LogP contribution in [0.1, 0.15) is 219 Å². The Morgan fingerprint density at radius 2 is 0.370 bits per heavy atom. The first-order valence-corrected chi connectivity index (χ1v) is 21.0. The minimum absolute atomic E-state index is 0. The molecule has 0 N–H and O–H groups in total. The van der Waals surface area contributed by atoms with Crippen molar-refractivity contribution < 1.29 is 42.9 Å². The first kappa shape index (κ1) is 51.3. The molecule has 0 saturated carbocycles. The van der Waals surface area contributed by atoms with Gasteiger partial charge in [-0.25, -0.2) is 0 Å². The Morgan fingerprint density at radius 3 is 0.543 bits per heavy atom. The van der Waals surface area contributed by atoms with E-state index in [0.29, 0.717) is 0 Å². The number of hydrogen-bond donors (Lipinski definition) is 0. The molecule has 0 aliphatic heterocycles. The van der Waals surface area contributed by atoms with Crippen molar-refractivity contribution in [1.29, 1.82) is 0 Å². The highest BCUT2D eigenvalue weighted by Crippen LogP contribution is 2.16. The zero-order valence-corrected chi connectivity index (χ0v) is 36.3. The van der Waals surface area contributed by atoms with Crippen LogP contribution >= 0.6 is 0 Å². The van der Waals surface area contributed by atoms with Gasteiger partial charge in [-0.2, -0.15) is 0 Å². The smallest absolute Gasteiger partial charge is 0.128 e. The van der Waals surface area contributed by atoms with Crippen LogP contribution in [0.15, 0.2) is 0 Å². The maximum atomic E-state index is 2.47. The molecule has 4 heteroatoms. The summed E-state index contributed by atoms with van der Waals surface area (Å²) in [5.41, 5.74) is 0. The molecule has 0 radical (unpaired) electrons. The highest BCUT2D eigenvalue weighted by molar-refractivity contribution is 4.52. The van der Waals surface area contributed by atoms with Gasteiger partial charge in [-0.05, 0) is 25.7 Å². The largest absolute Gasteiger partial charge is 1.00 e. The molecular formula is C42H90Br2N2. The van der Waals surface area contributed by atoms with Gasteiger partial charge < -0.3 is 42.9 Å². The number of nitrogens with zero attached hydrogens (tertiary/aromatic N) is 2. The molecule has 0 rings (SSSR count). The van der Waals surface area contributed by atoms with Crippen LogP contribution in [0.5, 0.6) is 0 Å². The van der Waals surface area contributed by atoms with Gasteiger partial charge in [0.25, 0.3) is 0 Å². The fraction of sp³-hybridized carbons (Fsp3) is 1.00. The zero-order valence-electron chi connectivity index (χ0n) is 33.1. The Bertz CT molecular complexity index is 504. The van der Waals surface area contributed by atoms with Gasteiger partial charge in [-0.15, -0.1) is 0 Å². The van der Waals surface area contributed by atoms with Crippen LogP contribution in [0.2, 0.25) is 0 Å². The van der Waals surface area contributed by atoms with Crippen molar-refractivity contribution in [3.8, 4) is 0 Å². The van der Waals surface area contributed by atoms with Crippen LogP contribution in [0.4, 0.5) is 0 Å². The van der Waals surface area contributed by atoms with Gasteiger partial charge in [0.2, 0.25) is 0 Å². The monoisotopic (exact) mass is 781 g/mol. The fourth-order valence-corrected chi connectivity index (χ4v) is 6.94. The van der Waals surface area contributed by atoms with E-state index in [0.717, 1.165) is 0 Å². The third kappa shape index (κ3) is 41.1. The van der Waals surface area contributed by atoms with Crippen LogP contribution in [0.3, 0.4) is 0 Å². The van der Waals surface area contributed by atoms with Gasteiger partial charge in [0.1, 0.15) is 13.1 Å². The quantitative estimate of drug-likeness (QED) is 0.0449. The Morgan fingerprint density at radius 1 is 0.217 bits per heavy atom. The van der Waals surface area contributed by atoms with Gasteiger partial charge in [0.15, 0.2) is 0 Å². The van der Waals surface area contributed by atoms with E-state index in [1.165, 1.54) is 241 Å². The molecule has 0 amide bonds. The van der Waals surface area contributed by atoms with Gasteiger partial charge >= 0.3 is 0 Å². The normalized spacial score (nSPS) is 11.9. The minimum atomic E-state index is 0. The summed E-state index contributed by atoms with van der Waals surface area (Å²) in [6, 6.07) is 0. The lowest BCUT2D eigenvalue weighted by Crippen LogP contribution is -3.00. The minimum Gasteiger partial charge on any atom is -1.00 e. The summed E-state index contributed by atoms with van der Waals surface area (Å²) in [5, 5.41) is 0. The SMILES string of the molecule is CCCCCCCCCCCCCCCCCC[N+](C)(C)CC[N+](C)(C)CCCCCCCCCCCCCCCCCC.[Br-].[Br-]. The van der Waals surface area contributed by atoms with E-state index in [1.807, 2.05) is 0 Å². The maximum absolute atomic E-state index is 2.47. The van der Waals surface area contributed by atoms with E-state index in [-0.39, 0.29) is 34.0 Å². The molecule has 0 aromatic heterocycles. The first-order chi connectivity index (χ1) is 21.3. The topological polar surface area (TPSA) is 0 Å². The second-order valence-electron chi connectivity index (χ2n) is 16.4. The highest BCUT2D eigenvalue weighted by Gasteiger charge is 2.22. The van der Waals surface area contributed by atoms with Crippen molar-refractivity contribution in [2.75, 3.05) is 54.4 Å². The Kier molecular flexibility index (Phi) is 43.1. The standard InChI is InChI=1S/C42H90N2.2BrH/c1-7-9-11-13-15-17-19-21-23-25-27-29-31-33-35-37-39-43(3,4)41-42-44(5,6)40-38-36-34-32-30-28-26-24-22-20-18-16-14-12-10-8-2;;/h7-42H2,1-6H3;2*1H/q+2;;/p-2. The average molecular weight is 783 g/mol. The summed E-state index contributed by atoms with van der Waals surface area (Å²) in [4.78, 5) is 0. The van der Waals surface area contributed by atoms with E-state index < -0.39 is 0 Å². The van der Waals surface area contributed by atoms with E-state index in [4.69, 9.17) is 0 Å². The van der Waals surface area contributed by atoms with E-state index in [9.17, 15) is 0 Å². The molecule has 0 bridgehead atoms. The molecule has 46 heavy (non-hydrogen) atoms. The van der Waals surface area contributed by atoms with Crippen molar-refractivity contribution in [1.82, 2.24) is 0 Å². The predicted octanol–water partition coefficient (Wildman–Crippen LogP) is 7.67. The van der Waals surface area contributed by atoms with Gasteiger partial charge in [0, 0.05) is 0 Å². The van der Waals surface area contributed by atoms with Crippen LogP contribution in [0.25, 0.3) is 0 Å². The van der Waals surface area contributed by atoms with Crippen LogP contribution in [0, 0.1) is 0 Å². The number of rotatable bonds is 37. The molecular weight excluding hydrogens is 692 g/mol. The van der Waals surface area contributed by atoms with E-state index in [2.05, 4.69) is 42.0 Å². The second kappa shape index (κ2) is 38.7. The summed E-state index contributed by atoms with van der Waals surface area (Å²) < 4.78 is 2.42. The van der Waals surface area contributed by atoms with Crippen molar-refractivity contribution in [2.24, 2.45) is 0 Å². The van der Waals surface area contributed by atoms with E-state index >= 15 is 0 Å². The number of hydrogen-bond acceptors (Lipinski definition) is 0. The van der Waals surface area contributed by atoms with Crippen molar-refractivity contribution in [3.63, 3.8) is 0 Å². The third-order valence-corrected chi connectivity index (χ3v) is 10.5. The maximum Gasteiger partial charge on any atom is 0.128 e. The van der Waals surface area contributed by atoms with Crippen molar-refractivity contribution in [3.05, 3.63) is 0 Å². The summed E-state index contributed by atoms with van der Waals surface area (Å²) in [7, 11) is 9.89. The molecule has 0 aromatic rings. The Balaban J connectivity index is -0.00000924. The number of halogens is 2. The molecule has 0 fully saturated rings. The molecule has 0 aromatic carbocycles. The number of unbranched alkanes of at least 4 members (excludes halogenated alkanes) is 30. The molecule has 0 saturated heterocycles. The molecule has 0 unspecified atom stereocenters. The van der Waals surface area contributed by atoms with E-state index in [1.54, 1.807) is 0 Å². The second-order valence-corrected chi connectivity index (χ2v) is 16.4. The zero-order chi connectivity index (χ0) is 32.5. The van der Waals surface area contributed by atoms with Crippen LogP contribution in [-0.4, -0.2) is 63.3 Å². The van der Waals surface area contributed by atoms with Gasteiger partial charge in [-0.3, -0.25) is 0 Å². The fourth-order valence-electron chi connectivity index (χ4n) is 6.94. The van der Waals surface area contributed by atoms with Crippen LogP contribution in [-0.2, 0) is 0 Å². The molecule has 0 aliphatic carbocycles. The third-order valence-electron chi connectivity index (χ3n) is 10.5. The van der Waals surface area contributed by atoms with Crippen molar-refractivity contribution >= 4 is 0 Å². The number of quaternary nitrogens is 2. The summed E-state index contributed by atoms with van der Waals surface area (Å²) in [6.07, 6.45) is 46.7. The molecule has 2 nitrogen and oxygen atoms in total. The lowest BCUT2D eigenvalue weighted by molar-refractivity contribution is -0.946. The summed E-state index contributed by atoms with van der Waals surface area (Å²) in [5.74, 6) is 0. The predicted molar refractivity (Wildman–Crippen MR) is 203 cm³/mol. The van der Waals surface area contributed by atoms with Gasteiger partial charge in [0.05, 0.1) is 41.3 Å². The Labute approximate surface area is 315 Å². The molecule has 0 heterocycles. The van der Waals surface area contributed by atoms with Crippen molar-refractivity contribution in [2.45, 2.75) is 219 Å². The number of likely N-dealkylation sites (N-methyl/N-ethyl adjacent to an activating group) is 2. The molecule has 282 valence electrons. The summed E-state index contributed by atoms with van der Waals surface area (Å²) >= 11 is 0. The highest BCUT2D eigenvalue weighted by atomic mass is 79.9. The summed E-state index contributed by atoms with van der Waals surface area (Å²) in [6.45, 7) is 9.98. The average Bonchev–Trinajstić information content (AvgIpc) is 3.00. The molecule has 0 spiro atoms. The first-order valence-electron chi connectivity index (χ1n) is 21.0. The van der Waals surface area contributed by atoms with Crippen LogP contribution < -0.4 is 34.0 Å².